The molecule has 0 aromatic heterocycles. The first-order valence-corrected chi connectivity index (χ1v) is 6.83. The normalized spacial score (nSPS) is 13.9. The van der Waals surface area contributed by atoms with Gasteiger partial charge in [-0.1, -0.05) is 19.9 Å². The SMILES string of the molecule is CC(C)C(CN)NS(=O)(=O)c1cccc(F)c1. The van der Waals surface area contributed by atoms with Crippen LogP contribution in [0, 0.1) is 11.7 Å². The quantitative estimate of drug-likeness (QED) is 0.832. The van der Waals surface area contributed by atoms with E-state index < -0.39 is 15.8 Å². The van der Waals surface area contributed by atoms with E-state index >= 15 is 0 Å². The van der Waals surface area contributed by atoms with Gasteiger partial charge < -0.3 is 5.73 Å². The highest BCUT2D eigenvalue weighted by atomic mass is 32.2. The molecule has 1 unspecified atom stereocenters. The van der Waals surface area contributed by atoms with E-state index in [9.17, 15) is 12.8 Å². The Bertz CT molecular complexity index is 474. The Morgan fingerprint density at radius 1 is 1.41 bits per heavy atom. The molecule has 4 nitrogen and oxygen atoms in total. The van der Waals surface area contributed by atoms with Gasteiger partial charge in [-0.05, 0) is 24.1 Å². The van der Waals surface area contributed by atoms with Crippen LogP contribution in [0.1, 0.15) is 13.8 Å². The molecule has 0 spiro atoms. The Labute approximate surface area is 101 Å². The van der Waals surface area contributed by atoms with Crippen molar-refractivity contribution in [3.63, 3.8) is 0 Å². The van der Waals surface area contributed by atoms with Gasteiger partial charge in [-0.3, -0.25) is 0 Å². The lowest BCUT2D eigenvalue weighted by atomic mass is 10.1. The lowest BCUT2D eigenvalue weighted by Crippen LogP contribution is -2.43. The molecular weight excluding hydrogens is 243 g/mol. The molecule has 96 valence electrons. The standard InChI is InChI=1S/C11H17FN2O2S/c1-8(2)11(7-13)14-17(15,16)10-5-3-4-9(12)6-10/h3-6,8,11,14H,7,13H2,1-2H3. The minimum Gasteiger partial charge on any atom is -0.329 e. The molecule has 0 fully saturated rings. The number of nitrogens with two attached hydrogens (primary N) is 1. The molecule has 0 saturated heterocycles. The lowest BCUT2D eigenvalue weighted by molar-refractivity contribution is 0.454. The number of benzene rings is 1. The first-order valence-electron chi connectivity index (χ1n) is 5.35. The van der Waals surface area contributed by atoms with Crippen molar-refractivity contribution in [1.82, 2.24) is 4.72 Å². The van der Waals surface area contributed by atoms with Gasteiger partial charge in [-0.15, -0.1) is 0 Å². The van der Waals surface area contributed by atoms with Crippen molar-refractivity contribution >= 4 is 10.0 Å². The number of hydrogen-bond acceptors (Lipinski definition) is 3. The highest BCUT2D eigenvalue weighted by molar-refractivity contribution is 7.89. The maximum Gasteiger partial charge on any atom is 0.240 e. The highest BCUT2D eigenvalue weighted by Gasteiger charge is 2.21. The van der Waals surface area contributed by atoms with Gasteiger partial charge >= 0.3 is 0 Å². The first-order chi connectivity index (χ1) is 7.86. The predicted octanol–water partition coefficient (Wildman–Crippen LogP) is 1.09. The smallest absolute Gasteiger partial charge is 0.240 e. The van der Waals surface area contributed by atoms with E-state index in [0.29, 0.717) is 0 Å². The second-order valence-electron chi connectivity index (χ2n) is 4.16. The summed E-state index contributed by atoms with van der Waals surface area (Å²) in [5.41, 5.74) is 5.49. The average Bonchev–Trinajstić information content (AvgIpc) is 2.25. The van der Waals surface area contributed by atoms with E-state index in [1.807, 2.05) is 13.8 Å². The molecule has 0 radical (unpaired) electrons. The number of nitrogens with one attached hydrogen (secondary N) is 1. The van der Waals surface area contributed by atoms with Crippen LogP contribution < -0.4 is 10.5 Å². The van der Waals surface area contributed by atoms with Gasteiger partial charge in [0.15, 0.2) is 0 Å². The summed E-state index contributed by atoms with van der Waals surface area (Å²) in [6.45, 7) is 3.93. The first kappa shape index (κ1) is 14.1. The van der Waals surface area contributed by atoms with Crippen molar-refractivity contribution in [2.45, 2.75) is 24.8 Å². The molecule has 0 bridgehead atoms. The van der Waals surface area contributed by atoms with Crippen molar-refractivity contribution in [3.05, 3.63) is 30.1 Å². The zero-order valence-electron chi connectivity index (χ0n) is 9.85. The lowest BCUT2D eigenvalue weighted by Gasteiger charge is -2.20. The van der Waals surface area contributed by atoms with Crippen molar-refractivity contribution < 1.29 is 12.8 Å². The molecule has 0 amide bonds. The van der Waals surface area contributed by atoms with Crippen molar-refractivity contribution in [2.24, 2.45) is 11.7 Å². The molecule has 1 rings (SSSR count). The van der Waals surface area contributed by atoms with E-state index in [4.69, 9.17) is 5.73 Å². The summed E-state index contributed by atoms with van der Waals surface area (Å²) in [4.78, 5) is -0.0865. The molecule has 1 atom stereocenters. The summed E-state index contributed by atoms with van der Waals surface area (Å²) in [5, 5.41) is 0. The summed E-state index contributed by atoms with van der Waals surface area (Å²) >= 11 is 0. The largest absolute Gasteiger partial charge is 0.329 e. The Kier molecular flexibility index (Phi) is 4.62. The molecule has 0 aliphatic heterocycles. The van der Waals surface area contributed by atoms with Gasteiger partial charge in [0.1, 0.15) is 5.82 Å². The van der Waals surface area contributed by atoms with Crippen LogP contribution in [0.15, 0.2) is 29.2 Å². The maximum absolute atomic E-state index is 13.0. The number of halogens is 1. The van der Waals surface area contributed by atoms with Crippen LogP contribution in [-0.2, 0) is 10.0 Å². The molecular formula is C11H17FN2O2S. The molecule has 0 saturated carbocycles. The van der Waals surface area contributed by atoms with Gasteiger partial charge in [0.2, 0.25) is 10.0 Å². The van der Waals surface area contributed by atoms with Crippen molar-refractivity contribution in [1.29, 1.82) is 0 Å². The van der Waals surface area contributed by atoms with E-state index in [0.717, 1.165) is 6.07 Å². The fourth-order valence-electron chi connectivity index (χ4n) is 1.36. The van der Waals surface area contributed by atoms with Crippen LogP contribution in [0.4, 0.5) is 4.39 Å². The predicted molar refractivity (Wildman–Crippen MR) is 64.4 cm³/mol. The molecule has 0 aliphatic rings. The topological polar surface area (TPSA) is 72.2 Å². The van der Waals surface area contributed by atoms with Gasteiger partial charge in [-0.2, -0.15) is 0 Å². The third-order valence-electron chi connectivity index (χ3n) is 2.47. The summed E-state index contributed by atoms with van der Waals surface area (Å²) in [6, 6.07) is 4.53. The van der Waals surface area contributed by atoms with Gasteiger partial charge in [0, 0.05) is 12.6 Å². The molecule has 3 N–H and O–H groups in total. The zero-order chi connectivity index (χ0) is 13.1. The van der Waals surface area contributed by atoms with Crippen LogP contribution in [0.5, 0.6) is 0 Å². The van der Waals surface area contributed by atoms with Crippen LogP contribution in [0.2, 0.25) is 0 Å². The average molecular weight is 260 g/mol. The number of sulfonamides is 1. The summed E-state index contributed by atoms with van der Waals surface area (Å²) < 4.78 is 39.3. The maximum atomic E-state index is 13.0. The fraction of sp³-hybridized carbons (Fsp3) is 0.455. The van der Waals surface area contributed by atoms with Crippen LogP contribution in [0.25, 0.3) is 0 Å². The van der Waals surface area contributed by atoms with Gasteiger partial charge in [-0.25, -0.2) is 17.5 Å². The van der Waals surface area contributed by atoms with Crippen molar-refractivity contribution in [2.75, 3.05) is 6.54 Å². The van der Waals surface area contributed by atoms with Gasteiger partial charge in [0.25, 0.3) is 0 Å². The van der Waals surface area contributed by atoms with Crippen LogP contribution in [-0.4, -0.2) is 21.0 Å². The second-order valence-corrected chi connectivity index (χ2v) is 5.88. The number of rotatable bonds is 5. The minimum atomic E-state index is -3.71. The molecule has 0 aliphatic carbocycles. The van der Waals surface area contributed by atoms with Crippen molar-refractivity contribution in [3.8, 4) is 0 Å². The third kappa shape index (κ3) is 3.76. The zero-order valence-corrected chi connectivity index (χ0v) is 10.7. The van der Waals surface area contributed by atoms with E-state index in [-0.39, 0.29) is 23.4 Å². The molecule has 6 heteroatoms. The second kappa shape index (κ2) is 5.57. The summed E-state index contributed by atoms with van der Waals surface area (Å²) in [6.07, 6.45) is 0. The molecule has 17 heavy (non-hydrogen) atoms. The Hall–Kier alpha value is -0.980. The van der Waals surface area contributed by atoms with E-state index in [1.54, 1.807) is 0 Å². The highest BCUT2D eigenvalue weighted by Crippen LogP contribution is 2.12. The molecule has 0 heterocycles. The van der Waals surface area contributed by atoms with Crippen LogP contribution in [0.3, 0.4) is 0 Å². The Balaban J connectivity index is 2.96. The summed E-state index contributed by atoms with van der Waals surface area (Å²) in [5.74, 6) is -0.509. The summed E-state index contributed by atoms with van der Waals surface area (Å²) in [7, 11) is -3.71. The molecule has 1 aromatic rings. The third-order valence-corrected chi connectivity index (χ3v) is 3.96. The van der Waals surface area contributed by atoms with E-state index in [1.165, 1.54) is 18.2 Å². The minimum absolute atomic E-state index is 0.0725. The van der Waals surface area contributed by atoms with Crippen LogP contribution >= 0.6 is 0 Å². The Morgan fingerprint density at radius 2 is 2.06 bits per heavy atom. The monoisotopic (exact) mass is 260 g/mol. The van der Waals surface area contributed by atoms with Gasteiger partial charge in [0.05, 0.1) is 4.90 Å². The number of hydrogen-bond donors (Lipinski definition) is 2. The molecule has 1 aromatic carbocycles. The Morgan fingerprint density at radius 3 is 2.53 bits per heavy atom. The van der Waals surface area contributed by atoms with E-state index in [2.05, 4.69) is 4.72 Å². The fourth-order valence-corrected chi connectivity index (χ4v) is 2.79.